The second kappa shape index (κ2) is 18.9. The van der Waals surface area contributed by atoms with E-state index in [9.17, 15) is 29.6 Å². The quantitative estimate of drug-likeness (QED) is 0.0813. The minimum absolute atomic E-state index is 0.0385. The van der Waals surface area contributed by atoms with Crippen LogP contribution in [0.1, 0.15) is 45.1 Å². The molecular formula is C35H56FN5O8+2. The van der Waals surface area contributed by atoms with Crippen LogP contribution in [0, 0.1) is 17.7 Å². The smallest absolute Gasteiger partial charge is 0.417 e. The van der Waals surface area contributed by atoms with Crippen molar-refractivity contribution in [2.75, 3.05) is 72.7 Å². The molecule has 5 atom stereocenters. The Morgan fingerprint density at radius 1 is 1.08 bits per heavy atom. The fraction of sp³-hybridized carbons (Fsp3) is 0.714. The molecule has 14 heteroatoms. The summed E-state index contributed by atoms with van der Waals surface area (Å²) in [6, 6.07) is 4.67. The molecule has 274 valence electrons. The predicted octanol–water partition coefficient (Wildman–Crippen LogP) is -0.644. The third-order valence-electron chi connectivity index (χ3n) is 9.83. The van der Waals surface area contributed by atoms with Crippen LogP contribution in [-0.2, 0) is 16.0 Å². The molecule has 3 aliphatic heterocycles. The van der Waals surface area contributed by atoms with Crippen LogP contribution >= 0.6 is 0 Å². The summed E-state index contributed by atoms with van der Waals surface area (Å²) in [5.74, 6) is 4.69. The van der Waals surface area contributed by atoms with Crippen molar-refractivity contribution in [3.8, 4) is 5.75 Å². The molecule has 2 fully saturated rings. The lowest BCUT2D eigenvalue weighted by molar-refractivity contribution is -0.798. The van der Waals surface area contributed by atoms with Crippen molar-refractivity contribution in [3.63, 3.8) is 0 Å². The number of nitrogens with zero attached hydrogens (tertiary/aromatic N) is 4. The van der Waals surface area contributed by atoms with Gasteiger partial charge in [0.15, 0.2) is 6.54 Å². The van der Waals surface area contributed by atoms with E-state index in [4.69, 9.17) is 14.6 Å². The number of halogens is 1. The van der Waals surface area contributed by atoms with Gasteiger partial charge in [0.2, 0.25) is 18.0 Å². The largest absolute Gasteiger partial charge is 0.493 e. The number of rotatable bonds is 19. The highest BCUT2D eigenvalue weighted by atomic mass is 19.1. The van der Waals surface area contributed by atoms with Gasteiger partial charge in [-0.3, -0.25) is 4.79 Å². The Morgan fingerprint density at radius 2 is 1.80 bits per heavy atom. The number of hydrogen-bond donors (Lipinski definition) is 6. The van der Waals surface area contributed by atoms with Crippen molar-refractivity contribution in [2.45, 2.75) is 76.7 Å². The second-order valence-corrected chi connectivity index (χ2v) is 13.3. The average Bonchev–Trinajstić information content (AvgIpc) is 3.10. The number of likely N-dealkylation sites (tertiary alicyclic amines) is 2. The number of carbonyl (C=O) groups excluding carboxylic acids is 1. The first-order chi connectivity index (χ1) is 23.6. The minimum atomic E-state index is -1.67. The molecule has 6 N–H and O–H groups in total. The molecule has 1 amide bonds. The van der Waals surface area contributed by atoms with Crippen LogP contribution in [0.2, 0.25) is 0 Å². The molecule has 1 aromatic rings. The number of aliphatic hydroxyl groups is 5. The summed E-state index contributed by atoms with van der Waals surface area (Å²) >= 11 is 0. The van der Waals surface area contributed by atoms with Gasteiger partial charge in [0.1, 0.15) is 36.4 Å². The molecule has 0 aromatic heterocycles. The van der Waals surface area contributed by atoms with E-state index < -0.39 is 36.8 Å². The number of piperidine rings is 1. The van der Waals surface area contributed by atoms with Gasteiger partial charge in [-0.1, -0.05) is 6.07 Å². The minimum Gasteiger partial charge on any atom is -0.493 e. The summed E-state index contributed by atoms with van der Waals surface area (Å²) in [4.78, 5) is 16.9. The third kappa shape index (κ3) is 10.5. The first kappa shape index (κ1) is 38.9. The lowest BCUT2D eigenvalue weighted by atomic mass is 9.92. The number of allylic oxidation sites excluding steroid dienone is 1. The molecule has 49 heavy (non-hydrogen) atoms. The Morgan fingerprint density at radius 3 is 2.43 bits per heavy atom. The molecule has 0 spiro atoms. The van der Waals surface area contributed by atoms with Crippen LogP contribution in [-0.4, -0.2) is 166 Å². The monoisotopic (exact) mass is 693 g/mol. The highest BCUT2D eigenvalue weighted by molar-refractivity contribution is 5.84. The van der Waals surface area contributed by atoms with E-state index >= 15 is 0 Å². The number of hydrogen-bond acceptors (Lipinski definition) is 10. The fourth-order valence-corrected chi connectivity index (χ4v) is 6.72. The first-order valence-corrected chi connectivity index (χ1v) is 17.6. The van der Waals surface area contributed by atoms with Gasteiger partial charge in [0.25, 0.3) is 5.76 Å². The number of methoxy groups -OCH3 is 1. The fourth-order valence-electron chi connectivity index (χ4n) is 6.72. The van der Waals surface area contributed by atoms with Gasteiger partial charge in [0.05, 0.1) is 32.8 Å². The van der Waals surface area contributed by atoms with Gasteiger partial charge in [-0.05, 0) is 57.1 Å². The lowest BCUT2D eigenvalue weighted by Gasteiger charge is -2.39. The highest BCUT2D eigenvalue weighted by Gasteiger charge is 2.41. The lowest BCUT2D eigenvalue weighted by Crippen LogP contribution is -2.55. The van der Waals surface area contributed by atoms with Gasteiger partial charge in [-0.25, -0.2) is 4.39 Å². The summed E-state index contributed by atoms with van der Waals surface area (Å²) in [6.45, 7) is 9.23. The second-order valence-electron chi connectivity index (χ2n) is 13.3. The first-order valence-electron chi connectivity index (χ1n) is 17.6. The van der Waals surface area contributed by atoms with E-state index in [1.54, 1.807) is 24.1 Å². The van der Waals surface area contributed by atoms with Crippen LogP contribution < -0.4 is 10.1 Å². The summed E-state index contributed by atoms with van der Waals surface area (Å²) < 4.78 is 30.7. The number of ether oxygens (including phenoxy) is 2. The Bertz CT molecular complexity index is 1330. The van der Waals surface area contributed by atoms with E-state index in [-0.39, 0.29) is 31.1 Å². The molecule has 3 heterocycles. The van der Waals surface area contributed by atoms with Gasteiger partial charge in [0, 0.05) is 51.3 Å². The van der Waals surface area contributed by atoms with Crippen molar-refractivity contribution >= 4 is 18.0 Å². The molecule has 0 radical (unpaired) electrons. The zero-order valence-corrected chi connectivity index (χ0v) is 29.1. The molecule has 3 aliphatic rings. The summed E-state index contributed by atoms with van der Waals surface area (Å²) in [5, 5.41) is 50.9. The molecule has 0 aliphatic carbocycles. The molecule has 0 bridgehead atoms. The number of nitrogens with one attached hydrogen (secondary N) is 1. The van der Waals surface area contributed by atoms with Crippen LogP contribution in [0.4, 0.5) is 4.39 Å². The maximum Gasteiger partial charge on any atom is 0.417 e. The van der Waals surface area contributed by atoms with Crippen LogP contribution in [0.25, 0.3) is 0 Å². The predicted molar refractivity (Wildman–Crippen MR) is 180 cm³/mol. The summed E-state index contributed by atoms with van der Waals surface area (Å²) in [5.41, 5.74) is 0.316. The normalized spacial score (nSPS) is 21.6. The Hall–Kier alpha value is -2.94. The number of carbonyl (C=O) groups is 1. The molecule has 13 nitrogen and oxygen atoms in total. The van der Waals surface area contributed by atoms with Gasteiger partial charge < -0.3 is 45.2 Å². The maximum atomic E-state index is 14.9. The summed E-state index contributed by atoms with van der Waals surface area (Å²) in [7, 11) is 1.68. The number of amides is 1. The van der Waals surface area contributed by atoms with Gasteiger partial charge in [-0.15, -0.1) is 4.58 Å². The third-order valence-corrected chi connectivity index (χ3v) is 9.83. The molecule has 4 rings (SSSR count). The average molecular weight is 694 g/mol. The van der Waals surface area contributed by atoms with Crippen molar-refractivity contribution in [1.29, 1.82) is 0 Å². The standard InChI is InChI=1S/C35H56FN5O8/c1-4-38-21-28(48-3)22-39(5-2)35(38)40-12-10-24(11-13-40)7-6-14-49-27-9-8-26(29(36)16-27)15-32(45)41-19-25(20-41)17-37-18-30(43)33(46)34(47)31(44)23-42/h8-9,16,21,24-25,30-31,33-35,37,42-44,46-47H,4-7,10-15,17-20,23H2,1-3H3/q+2/t30-,31?,33+,34+,35?/m0/s1. The topological polar surface area (TPSA) is 161 Å². The van der Waals surface area contributed by atoms with E-state index in [0.29, 0.717) is 43.5 Å². The number of aliphatic hydroxyl groups excluding tert-OH is 5. The van der Waals surface area contributed by atoms with Crippen molar-refractivity contribution in [1.82, 2.24) is 15.1 Å². The van der Waals surface area contributed by atoms with Crippen molar-refractivity contribution < 1.29 is 53.3 Å². The molecular weight excluding hydrogens is 637 g/mol. The van der Waals surface area contributed by atoms with E-state index in [1.807, 2.05) is 6.21 Å². The maximum absolute atomic E-state index is 14.9. The van der Waals surface area contributed by atoms with Crippen molar-refractivity contribution in [2.24, 2.45) is 11.8 Å². The van der Waals surface area contributed by atoms with E-state index in [1.165, 1.54) is 6.07 Å². The highest BCUT2D eigenvalue weighted by Crippen LogP contribution is 2.25. The number of benzene rings is 1. The SMILES string of the molecule is CC[N+]1=C=C(OC)C=[N+](CC)C1N1CCC(CCCOc2ccc(CC(=O)N3CC(CNC[C@H](O)[C@@H](O)[C@H](O)C(O)CO)C3)c(F)c2)CC1. The Labute approximate surface area is 288 Å². The van der Waals surface area contributed by atoms with E-state index in [2.05, 4.69) is 39.1 Å². The van der Waals surface area contributed by atoms with Crippen LogP contribution in [0.3, 0.4) is 0 Å². The van der Waals surface area contributed by atoms with Gasteiger partial charge in [-0.2, -0.15) is 9.48 Å². The van der Waals surface area contributed by atoms with Crippen molar-refractivity contribution in [3.05, 3.63) is 35.3 Å². The Kier molecular flexibility index (Phi) is 15.0. The molecule has 2 saturated heterocycles. The zero-order chi connectivity index (χ0) is 35.5. The Balaban J connectivity index is 1.11. The zero-order valence-electron chi connectivity index (χ0n) is 29.1. The molecule has 0 saturated carbocycles. The van der Waals surface area contributed by atoms with Crippen LogP contribution in [0.5, 0.6) is 5.75 Å². The van der Waals surface area contributed by atoms with E-state index in [0.717, 1.165) is 57.6 Å². The van der Waals surface area contributed by atoms with Gasteiger partial charge >= 0.3 is 6.29 Å². The summed E-state index contributed by atoms with van der Waals surface area (Å²) in [6.07, 6.45) is 0.144. The molecule has 2 unspecified atom stereocenters. The molecule has 1 aromatic carbocycles. The van der Waals surface area contributed by atoms with Crippen LogP contribution in [0.15, 0.2) is 24.0 Å².